The molecule has 1 N–H and O–H groups in total. The van der Waals surface area contributed by atoms with Gasteiger partial charge in [0, 0.05) is 16.7 Å². The molecule has 1 amide bonds. The lowest BCUT2D eigenvalue weighted by atomic mass is 9.91. The van der Waals surface area contributed by atoms with Crippen LogP contribution >= 0.6 is 15.9 Å². The SMILES string of the molecule is CCC1(O)CN(C(=O)Cn2cc(Br)ccc2=O)C1. The summed E-state index contributed by atoms with van der Waals surface area (Å²) in [7, 11) is 0. The second-order valence-electron chi connectivity index (χ2n) is 4.64. The van der Waals surface area contributed by atoms with Crippen LogP contribution in [0.15, 0.2) is 27.6 Å². The fourth-order valence-electron chi connectivity index (χ4n) is 1.94. The highest BCUT2D eigenvalue weighted by Gasteiger charge is 2.41. The lowest BCUT2D eigenvalue weighted by Crippen LogP contribution is -2.63. The molecule has 1 aliphatic heterocycles. The fourth-order valence-corrected chi connectivity index (χ4v) is 2.31. The maximum atomic E-state index is 11.9. The van der Waals surface area contributed by atoms with Crippen molar-refractivity contribution in [3.05, 3.63) is 33.2 Å². The number of hydrogen-bond donors (Lipinski definition) is 1. The molecule has 0 aromatic carbocycles. The van der Waals surface area contributed by atoms with Crippen LogP contribution < -0.4 is 5.56 Å². The average molecular weight is 315 g/mol. The normalized spacial score (nSPS) is 17.4. The number of pyridine rings is 1. The van der Waals surface area contributed by atoms with E-state index in [0.29, 0.717) is 19.5 Å². The second-order valence-corrected chi connectivity index (χ2v) is 5.56. The highest BCUT2D eigenvalue weighted by atomic mass is 79.9. The molecule has 0 aliphatic carbocycles. The van der Waals surface area contributed by atoms with Crippen LogP contribution in [0.1, 0.15) is 13.3 Å². The third-order valence-electron chi connectivity index (χ3n) is 3.23. The zero-order valence-corrected chi connectivity index (χ0v) is 11.7. The van der Waals surface area contributed by atoms with Gasteiger partial charge in [-0.15, -0.1) is 0 Å². The van der Waals surface area contributed by atoms with Gasteiger partial charge >= 0.3 is 0 Å². The first-order chi connectivity index (χ1) is 8.43. The minimum Gasteiger partial charge on any atom is -0.386 e. The van der Waals surface area contributed by atoms with Gasteiger partial charge in [0.05, 0.1) is 18.7 Å². The first kappa shape index (κ1) is 13.3. The Labute approximate surface area is 113 Å². The molecule has 0 atom stereocenters. The van der Waals surface area contributed by atoms with E-state index in [0.717, 1.165) is 4.47 Å². The third-order valence-corrected chi connectivity index (χ3v) is 3.70. The Bertz CT molecular complexity index is 520. The summed E-state index contributed by atoms with van der Waals surface area (Å²) in [6.07, 6.45) is 2.22. The summed E-state index contributed by atoms with van der Waals surface area (Å²) in [4.78, 5) is 25.0. The van der Waals surface area contributed by atoms with Gasteiger partial charge in [-0.25, -0.2) is 0 Å². The Kier molecular flexibility index (Phi) is 3.59. The lowest BCUT2D eigenvalue weighted by Gasteiger charge is -2.46. The minimum atomic E-state index is -0.738. The van der Waals surface area contributed by atoms with E-state index < -0.39 is 5.60 Å². The van der Waals surface area contributed by atoms with Crippen LogP contribution in [0.5, 0.6) is 0 Å². The number of hydrogen-bond acceptors (Lipinski definition) is 3. The Balaban J connectivity index is 2.01. The van der Waals surface area contributed by atoms with E-state index in [1.54, 1.807) is 17.2 Å². The summed E-state index contributed by atoms with van der Waals surface area (Å²) >= 11 is 3.26. The number of nitrogens with zero attached hydrogens (tertiary/aromatic N) is 2. The number of likely N-dealkylation sites (tertiary alicyclic amines) is 1. The number of rotatable bonds is 3. The summed E-state index contributed by atoms with van der Waals surface area (Å²) in [6, 6.07) is 3.05. The van der Waals surface area contributed by atoms with Gasteiger partial charge in [0.1, 0.15) is 6.54 Å². The number of amides is 1. The van der Waals surface area contributed by atoms with E-state index in [1.807, 2.05) is 6.92 Å². The standard InChI is InChI=1S/C12H15BrN2O3/c1-2-12(18)7-15(8-12)11(17)6-14-5-9(13)3-4-10(14)16/h3-5,18H,2,6-8H2,1H3. The number of carbonyl (C=O) groups excluding carboxylic acids is 1. The molecule has 0 radical (unpaired) electrons. The van der Waals surface area contributed by atoms with Crippen LogP contribution in [-0.4, -0.2) is 39.2 Å². The predicted molar refractivity (Wildman–Crippen MR) is 70.2 cm³/mol. The molecule has 1 aliphatic rings. The highest BCUT2D eigenvalue weighted by Crippen LogP contribution is 2.24. The van der Waals surface area contributed by atoms with Crippen LogP contribution in [0.2, 0.25) is 0 Å². The van der Waals surface area contributed by atoms with Crippen LogP contribution in [0, 0.1) is 0 Å². The lowest BCUT2D eigenvalue weighted by molar-refractivity contribution is -0.156. The molecule has 2 rings (SSSR count). The molecule has 5 nitrogen and oxygen atoms in total. The number of β-amino-alcohol motifs (C(OH)–C–C–N with tert-alkyl or cyclic N) is 1. The Morgan fingerprint density at radius 1 is 1.50 bits per heavy atom. The van der Waals surface area contributed by atoms with E-state index in [4.69, 9.17) is 0 Å². The molecular weight excluding hydrogens is 300 g/mol. The smallest absolute Gasteiger partial charge is 0.251 e. The number of carbonyl (C=O) groups is 1. The van der Waals surface area contributed by atoms with Crippen molar-refractivity contribution in [2.75, 3.05) is 13.1 Å². The summed E-state index contributed by atoms with van der Waals surface area (Å²) in [5, 5.41) is 9.83. The Hall–Kier alpha value is -1.14. The largest absolute Gasteiger partial charge is 0.386 e. The van der Waals surface area contributed by atoms with Crippen molar-refractivity contribution in [1.82, 2.24) is 9.47 Å². The molecule has 18 heavy (non-hydrogen) atoms. The maximum Gasteiger partial charge on any atom is 0.251 e. The average Bonchev–Trinajstić information content (AvgIpc) is 2.29. The number of aromatic nitrogens is 1. The quantitative estimate of drug-likeness (QED) is 0.888. The van der Waals surface area contributed by atoms with E-state index in [1.165, 1.54) is 10.6 Å². The summed E-state index contributed by atoms with van der Waals surface area (Å²) in [5.74, 6) is -0.145. The first-order valence-electron chi connectivity index (χ1n) is 5.80. The molecule has 1 saturated heterocycles. The number of halogens is 1. The maximum absolute atomic E-state index is 11.9. The van der Waals surface area contributed by atoms with E-state index >= 15 is 0 Å². The van der Waals surface area contributed by atoms with Gasteiger partial charge in [-0.05, 0) is 28.4 Å². The monoisotopic (exact) mass is 314 g/mol. The van der Waals surface area contributed by atoms with Gasteiger partial charge < -0.3 is 14.6 Å². The molecule has 0 bridgehead atoms. The van der Waals surface area contributed by atoms with Crippen LogP contribution in [0.25, 0.3) is 0 Å². The molecule has 1 fully saturated rings. The van der Waals surface area contributed by atoms with Crippen molar-refractivity contribution < 1.29 is 9.90 Å². The first-order valence-corrected chi connectivity index (χ1v) is 6.59. The Morgan fingerprint density at radius 3 is 2.78 bits per heavy atom. The van der Waals surface area contributed by atoms with Crippen molar-refractivity contribution in [3.8, 4) is 0 Å². The molecular formula is C12H15BrN2O3. The highest BCUT2D eigenvalue weighted by molar-refractivity contribution is 9.10. The summed E-state index contributed by atoms with van der Waals surface area (Å²) in [6.45, 7) is 2.61. The minimum absolute atomic E-state index is 0.0120. The van der Waals surface area contributed by atoms with E-state index in [-0.39, 0.29) is 18.0 Å². The van der Waals surface area contributed by atoms with Crippen molar-refractivity contribution in [2.24, 2.45) is 0 Å². The van der Waals surface area contributed by atoms with Gasteiger partial charge in [0.2, 0.25) is 5.91 Å². The predicted octanol–water partition coefficient (Wildman–Crippen LogP) is 0.594. The summed E-state index contributed by atoms with van der Waals surface area (Å²) < 4.78 is 2.11. The summed E-state index contributed by atoms with van der Waals surface area (Å²) in [5.41, 5.74) is -0.949. The van der Waals surface area contributed by atoms with Crippen molar-refractivity contribution >= 4 is 21.8 Å². The number of aliphatic hydroxyl groups is 1. The van der Waals surface area contributed by atoms with Gasteiger partial charge in [-0.2, -0.15) is 0 Å². The van der Waals surface area contributed by atoms with Crippen molar-refractivity contribution in [2.45, 2.75) is 25.5 Å². The van der Waals surface area contributed by atoms with Crippen LogP contribution in [-0.2, 0) is 11.3 Å². The Morgan fingerprint density at radius 2 is 2.17 bits per heavy atom. The fraction of sp³-hybridized carbons (Fsp3) is 0.500. The van der Waals surface area contributed by atoms with E-state index in [9.17, 15) is 14.7 Å². The zero-order valence-electron chi connectivity index (χ0n) is 10.1. The van der Waals surface area contributed by atoms with Crippen LogP contribution in [0.3, 0.4) is 0 Å². The van der Waals surface area contributed by atoms with Crippen molar-refractivity contribution in [1.29, 1.82) is 0 Å². The van der Waals surface area contributed by atoms with Gasteiger partial charge in [0.25, 0.3) is 5.56 Å². The molecule has 1 aromatic rings. The molecule has 0 saturated carbocycles. The topological polar surface area (TPSA) is 62.5 Å². The van der Waals surface area contributed by atoms with Gasteiger partial charge in [-0.3, -0.25) is 9.59 Å². The van der Waals surface area contributed by atoms with Crippen LogP contribution in [0.4, 0.5) is 0 Å². The van der Waals surface area contributed by atoms with Crippen molar-refractivity contribution in [3.63, 3.8) is 0 Å². The molecule has 2 heterocycles. The molecule has 6 heteroatoms. The third kappa shape index (κ3) is 2.64. The zero-order chi connectivity index (χ0) is 13.3. The molecule has 98 valence electrons. The van der Waals surface area contributed by atoms with E-state index in [2.05, 4.69) is 15.9 Å². The van der Waals surface area contributed by atoms with Gasteiger partial charge in [-0.1, -0.05) is 6.92 Å². The molecule has 0 spiro atoms. The molecule has 0 unspecified atom stereocenters. The molecule has 1 aromatic heterocycles. The van der Waals surface area contributed by atoms with Gasteiger partial charge in [0.15, 0.2) is 0 Å². The second kappa shape index (κ2) is 4.85.